The van der Waals surface area contributed by atoms with Crippen molar-refractivity contribution in [1.29, 1.82) is 0 Å². The van der Waals surface area contributed by atoms with Crippen LogP contribution in [0.4, 0.5) is 11.4 Å². The van der Waals surface area contributed by atoms with E-state index < -0.39 is 0 Å². The zero-order valence-corrected chi connectivity index (χ0v) is 9.62. The molecule has 1 heterocycles. The van der Waals surface area contributed by atoms with E-state index in [0.29, 0.717) is 0 Å². The lowest BCUT2D eigenvalue weighted by Crippen LogP contribution is -2.06. The van der Waals surface area contributed by atoms with Crippen LogP contribution >= 0.6 is 0 Å². The molecule has 0 saturated carbocycles. The van der Waals surface area contributed by atoms with E-state index in [2.05, 4.69) is 34.6 Å². The number of aromatic amines is 1. The van der Waals surface area contributed by atoms with Gasteiger partial charge >= 0.3 is 0 Å². The van der Waals surface area contributed by atoms with Gasteiger partial charge in [-0.2, -0.15) is 0 Å². The van der Waals surface area contributed by atoms with E-state index >= 15 is 0 Å². The first-order valence-electron chi connectivity index (χ1n) is 5.59. The van der Waals surface area contributed by atoms with Crippen LogP contribution in [-0.2, 0) is 0 Å². The van der Waals surface area contributed by atoms with Crippen LogP contribution in [0.25, 0.3) is 21.8 Å². The lowest BCUT2D eigenvalue weighted by Gasteiger charge is -2.00. The average molecular weight is 224 g/mol. The molecule has 4 N–H and O–H groups in total. The minimum absolute atomic E-state index is 0.776. The molecule has 0 aliphatic heterocycles. The Morgan fingerprint density at radius 2 is 1.65 bits per heavy atom. The molecule has 0 unspecified atom stereocenters. The highest BCUT2D eigenvalue weighted by Crippen LogP contribution is 2.20. The summed E-state index contributed by atoms with van der Waals surface area (Å²) in [6.07, 6.45) is 0. The summed E-state index contributed by atoms with van der Waals surface area (Å²) in [5.41, 5.74) is 9.83. The molecule has 3 rings (SSSR count). The molecule has 84 valence electrons. The smallest absolute Gasteiger partial charge is 0.213 e. The fourth-order valence-electron chi connectivity index (χ4n) is 2.07. The number of rotatable bonds is 1. The summed E-state index contributed by atoms with van der Waals surface area (Å²) in [4.78, 5) is 3.40. The zero-order chi connectivity index (χ0) is 11.8. The molecule has 0 spiro atoms. The molecule has 3 nitrogen and oxygen atoms in total. The van der Waals surface area contributed by atoms with Gasteiger partial charge in [-0.05, 0) is 30.3 Å². The van der Waals surface area contributed by atoms with Crippen molar-refractivity contribution in [2.75, 3.05) is 18.1 Å². The monoisotopic (exact) mass is 224 g/mol. The minimum Gasteiger partial charge on any atom is -0.399 e. The Labute approximate surface area is 99.3 Å². The number of benzene rings is 2. The van der Waals surface area contributed by atoms with E-state index in [1.165, 1.54) is 10.8 Å². The number of fused-ring (bicyclic) bond motifs is 2. The predicted octanol–water partition coefficient (Wildman–Crippen LogP) is 2.43. The van der Waals surface area contributed by atoms with Gasteiger partial charge in [0.2, 0.25) is 11.0 Å². The first kappa shape index (κ1) is 9.90. The van der Waals surface area contributed by atoms with Crippen LogP contribution in [0.1, 0.15) is 0 Å². The maximum absolute atomic E-state index is 5.79. The van der Waals surface area contributed by atoms with Crippen LogP contribution in [0, 0.1) is 0 Å². The normalized spacial score (nSPS) is 10.9. The molecule has 0 saturated heterocycles. The van der Waals surface area contributed by atoms with Crippen molar-refractivity contribution in [2.24, 2.45) is 0 Å². The molecule has 0 radical (unpaired) electrons. The summed E-state index contributed by atoms with van der Waals surface area (Å²) < 4.78 is 0. The lowest BCUT2D eigenvalue weighted by molar-refractivity contribution is -0.310. The first-order valence-corrected chi connectivity index (χ1v) is 5.59. The molecular formula is C14H14N3+. The van der Waals surface area contributed by atoms with E-state index in [9.17, 15) is 0 Å². The highest BCUT2D eigenvalue weighted by Gasteiger charge is 2.06. The Morgan fingerprint density at radius 3 is 2.41 bits per heavy atom. The van der Waals surface area contributed by atoms with E-state index in [0.717, 1.165) is 22.4 Å². The zero-order valence-electron chi connectivity index (χ0n) is 9.62. The van der Waals surface area contributed by atoms with Crippen molar-refractivity contribution >= 4 is 33.2 Å². The van der Waals surface area contributed by atoms with Gasteiger partial charge < -0.3 is 11.1 Å². The molecule has 0 aliphatic rings. The fourth-order valence-corrected chi connectivity index (χ4v) is 2.07. The van der Waals surface area contributed by atoms with Gasteiger partial charge in [0.25, 0.3) is 0 Å². The molecule has 3 aromatic rings. The second-order valence-electron chi connectivity index (χ2n) is 4.17. The molecule has 2 aromatic carbocycles. The Morgan fingerprint density at radius 1 is 0.941 bits per heavy atom. The molecule has 3 heteroatoms. The van der Waals surface area contributed by atoms with Crippen molar-refractivity contribution in [2.45, 2.75) is 0 Å². The Bertz CT molecular complexity index is 704. The SMILES string of the molecule is CNc1ccc2cc3ccc(N)cc3[nH+]c2c1. The van der Waals surface area contributed by atoms with Crippen molar-refractivity contribution in [1.82, 2.24) is 0 Å². The largest absolute Gasteiger partial charge is 0.399 e. The van der Waals surface area contributed by atoms with Crippen LogP contribution in [0.5, 0.6) is 0 Å². The third-order valence-corrected chi connectivity index (χ3v) is 3.00. The third kappa shape index (κ3) is 1.65. The molecule has 0 fully saturated rings. The van der Waals surface area contributed by atoms with Crippen LogP contribution < -0.4 is 16.0 Å². The number of nitrogen functional groups attached to an aromatic ring is 1. The summed E-state index contributed by atoms with van der Waals surface area (Å²) in [7, 11) is 1.92. The first-order chi connectivity index (χ1) is 8.26. The number of nitrogens with one attached hydrogen (secondary N) is 2. The maximum Gasteiger partial charge on any atom is 0.213 e. The minimum atomic E-state index is 0.776. The topological polar surface area (TPSA) is 52.2 Å². The molecule has 0 atom stereocenters. The maximum atomic E-state index is 5.79. The Balaban J connectivity index is 2.36. The fraction of sp³-hybridized carbons (Fsp3) is 0.0714. The summed E-state index contributed by atoms with van der Waals surface area (Å²) in [6.45, 7) is 0. The number of aromatic nitrogens is 1. The van der Waals surface area contributed by atoms with Crippen LogP contribution in [0.2, 0.25) is 0 Å². The standard InChI is InChI=1S/C14H13N3/c1-16-12-5-3-10-6-9-2-4-11(15)7-13(9)17-14(10)8-12/h2-8,16H,15H2,1H3/p+1. The highest BCUT2D eigenvalue weighted by atomic mass is 14.8. The van der Waals surface area contributed by atoms with Gasteiger partial charge in [-0.3, -0.25) is 0 Å². The van der Waals surface area contributed by atoms with E-state index in [1.807, 2.05) is 25.2 Å². The van der Waals surface area contributed by atoms with Crippen LogP contribution in [0.3, 0.4) is 0 Å². The number of hydrogen-bond donors (Lipinski definition) is 2. The van der Waals surface area contributed by atoms with Gasteiger partial charge in [-0.1, -0.05) is 0 Å². The summed E-state index contributed by atoms with van der Waals surface area (Å²) in [6, 6.07) is 14.3. The Hall–Kier alpha value is -2.29. The van der Waals surface area contributed by atoms with E-state index in [-0.39, 0.29) is 0 Å². The molecular weight excluding hydrogens is 210 g/mol. The van der Waals surface area contributed by atoms with Crippen molar-refractivity contribution < 1.29 is 4.98 Å². The van der Waals surface area contributed by atoms with E-state index in [4.69, 9.17) is 5.73 Å². The third-order valence-electron chi connectivity index (χ3n) is 3.00. The second kappa shape index (κ2) is 3.63. The number of hydrogen-bond acceptors (Lipinski definition) is 2. The Kier molecular flexibility index (Phi) is 2.11. The van der Waals surface area contributed by atoms with Crippen LogP contribution in [-0.4, -0.2) is 7.05 Å². The number of pyridine rings is 1. The number of nitrogens with two attached hydrogens (primary N) is 1. The molecule has 0 aliphatic carbocycles. The van der Waals surface area contributed by atoms with Gasteiger partial charge in [0.15, 0.2) is 0 Å². The van der Waals surface area contributed by atoms with Gasteiger partial charge in [-0.25, -0.2) is 4.98 Å². The summed E-state index contributed by atoms with van der Waals surface area (Å²) >= 11 is 0. The average Bonchev–Trinajstić information content (AvgIpc) is 2.35. The summed E-state index contributed by atoms with van der Waals surface area (Å²) in [5.74, 6) is 0. The highest BCUT2D eigenvalue weighted by molar-refractivity contribution is 5.90. The quantitative estimate of drug-likeness (QED) is 0.492. The van der Waals surface area contributed by atoms with Gasteiger partial charge in [0, 0.05) is 41.3 Å². The lowest BCUT2D eigenvalue weighted by atomic mass is 10.1. The molecule has 17 heavy (non-hydrogen) atoms. The second-order valence-corrected chi connectivity index (χ2v) is 4.17. The van der Waals surface area contributed by atoms with Crippen molar-refractivity contribution in [3.05, 3.63) is 42.5 Å². The molecule has 0 bridgehead atoms. The van der Waals surface area contributed by atoms with Gasteiger partial charge in [-0.15, -0.1) is 0 Å². The summed E-state index contributed by atoms with van der Waals surface area (Å²) in [5, 5.41) is 5.50. The van der Waals surface area contributed by atoms with Crippen molar-refractivity contribution in [3.8, 4) is 0 Å². The number of anilines is 2. The number of H-pyrrole nitrogens is 1. The van der Waals surface area contributed by atoms with Gasteiger partial charge in [0.05, 0.1) is 0 Å². The van der Waals surface area contributed by atoms with E-state index in [1.54, 1.807) is 0 Å². The van der Waals surface area contributed by atoms with Crippen molar-refractivity contribution in [3.63, 3.8) is 0 Å². The molecule has 1 aromatic heterocycles. The predicted molar refractivity (Wildman–Crippen MR) is 72.0 cm³/mol. The molecule has 0 amide bonds. The van der Waals surface area contributed by atoms with Crippen LogP contribution in [0.15, 0.2) is 42.5 Å². The van der Waals surface area contributed by atoms with Gasteiger partial charge in [0.1, 0.15) is 0 Å².